The van der Waals surface area contributed by atoms with Crippen LogP contribution in [0.3, 0.4) is 0 Å². The van der Waals surface area contributed by atoms with Gasteiger partial charge in [-0.05, 0) is 6.42 Å². The number of hydrogen-bond acceptors (Lipinski definition) is 3. The van der Waals surface area contributed by atoms with Crippen molar-refractivity contribution < 1.29 is 19.5 Å². The molecular formula is C9H15N3O4. The quantitative estimate of drug-likeness (QED) is 0.497. The summed E-state index contributed by atoms with van der Waals surface area (Å²) < 4.78 is 0. The highest BCUT2D eigenvalue weighted by Crippen LogP contribution is 1.99. The van der Waals surface area contributed by atoms with Gasteiger partial charge in [0.15, 0.2) is 0 Å². The van der Waals surface area contributed by atoms with Crippen LogP contribution in [0.5, 0.6) is 0 Å². The number of aliphatic carboxylic acids is 1. The lowest BCUT2D eigenvalue weighted by Gasteiger charge is -2.15. The number of nitrogens with one attached hydrogen (secondary N) is 3. The molecule has 7 nitrogen and oxygen atoms in total. The van der Waals surface area contributed by atoms with Crippen molar-refractivity contribution in [3.8, 4) is 0 Å². The summed E-state index contributed by atoms with van der Waals surface area (Å²) >= 11 is 0. The Labute approximate surface area is 92.6 Å². The van der Waals surface area contributed by atoms with Gasteiger partial charge in [-0.25, -0.2) is 9.59 Å². The van der Waals surface area contributed by atoms with Gasteiger partial charge in [0.2, 0.25) is 5.91 Å². The summed E-state index contributed by atoms with van der Waals surface area (Å²) in [6.07, 6.45) is 0.544. The molecule has 4 N–H and O–H groups in total. The third kappa shape index (κ3) is 3.41. The molecule has 16 heavy (non-hydrogen) atoms. The molecule has 2 atom stereocenters. The Morgan fingerprint density at radius 3 is 2.75 bits per heavy atom. The van der Waals surface area contributed by atoms with Gasteiger partial charge in [0.05, 0.1) is 6.04 Å². The highest BCUT2D eigenvalue weighted by molar-refractivity contribution is 5.84. The molecule has 0 spiro atoms. The van der Waals surface area contributed by atoms with Gasteiger partial charge in [0.25, 0.3) is 0 Å². The molecule has 0 radical (unpaired) electrons. The van der Waals surface area contributed by atoms with Gasteiger partial charge in [-0.1, -0.05) is 6.92 Å². The molecule has 0 bridgehead atoms. The van der Waals surface area contributed by atoms with E-state index in [0.717, 1.165) is 0 Å². The monoisotopic (exact) mass is 229 g/mol. The molecule has 0 aromatic heterocycles. The minimum atomic E-state index is -1.07. The largest absolute Gasteiger partial charge is 0.480 e. The van der Waals surface area contributed by atoms with E-state index in [2.05, 4.69) is 16.0 Å². The molecule has 2 unspecified atom stereocenters. The van der Waals surface area contributed by atoms with Crippen molar-refractivity contribution in [1.82, 2.24) is 16.0 Å². The second-order valence-corrected chi connectivity index (χ2v) is 3.62. The van der Waals surface area contributed by atoms with Crippen LogP contribution in [0.1, 0.15) is 19.8 Å². The van der Waals surface area contributed by atoms with Gasteiger partial charge in [-0.15, -0.1) is 0 Å². The van der Waals surface area contributed by atoms with E-state index in [1.807, 2.05) is 0 Å². The summed E-state index contributed by atoms with van der Waals surface area (Å²) in [5.41, 5.74) is 0. The standard InChI is InChI=1S/C9H15N3O4/c1-2-6(8(14)15)12-9(16)11-5-3-7(13)10-4-5/h5-6H,2-4H2,1H3,(H,10,13)(H,14,15)(H2,11,12,16). The van der Waals surface area contributed by atoms with E-state index in [0.29, 0.717) is 13.0 Å². The normalized spacial score (nSPS) is 21.1. The van der Waals surface area contributed by atoms with Crippen LogP contribution in [-0.2, 0) is 9.59 Å². The summed E-state index contributed by atoms with van der Waals surface area (Å²) in [5.74, 6) is -1.19. The van der Waals surface area contributed by atoms with E-state index in [1.54, 1.807) is 6.92 Å². The molecule has 1 rings (SSSR count). The molecule has 1 fully saturated rings. The first-order valence-electron chi connectivity index (χ1n) is 5.09. The Kier molecular flexibility index (Phi) is 4.10. The van der Waals surface area contributed by atoms with Gasteiger partial charge in [0.1, 0.15) is 6.04 Å². The van der Waals surface area contributed by atoms with Gasteiger partial charge in [-0.3, -0.25) is 4.79 Å². The van der Waals surface area contributed by atoms with E-state index in [4.69, 9.17) is 5.11 Å². The molecule has 1 aliphatic heterocycles. The first kappa shape index (κ1) is 12.3. The number of carboxylic acid groups (broad SMARTS) is 1. The maximum Gasteiger partial charge on any atom is 0.326 e. The van der Waals surface area contributed by atoms with Crippen molar-refractivity contribution in [3.63, 3.8) is 0 Å². The fraction of sp³-hybridized carbons (Fsp3) is 0.667. The van der Waals surface area contributed by atoms with Crippen LogP contribution < -0.4 is 16.0 Å². The number of carboxylic acids is 1. The number of carbonyl (C=O) groups is 3. The smallest absolute Gasteiger partial charge is 0.326 e. The second-order valence-electron chi connectivity index (χ2n) is 3.62. The van der Waals surface area contributed by atoms with E-state index in [1.165, 1.54) is 0 Å². The maximum absolute atomic E-state index is 11.4. The van der Waals surface area contributed by atoms with Crippen LogP contribution in [0.2, 0.25) is 0 Å². The average molecular weight is 229 g/mol. The van der Waals surface area contributed by atoms with Crippen molar-refractivity contribution >= 4 is 17.9 Å². The predicted molar refractivity (Wildman–Crippen MR) is 54.8 cm³/mol. The van der Waals surface area contributed by atoms with E-state index < -0.39 is 18.0 Å². The van der Waals surface area contributed by atoms with E-state index >= 15 is 0 Å². The number of amides is 3. The van der Waals surface area contributed by atoms with Gasteiger partial charge >= 0.3 is 12.0 Å². The SMILES string of the molecule is CCC(NC(=O)NC1CNC(=O)C1)C(=O)O. The summed E-state index contributed by atoms with van der Waals surface area (Å²) in [6, 6.07) is -1.72. The van der Waals surface area contributed by atoms with Crippen molar-refractivity contribution in [2.24, 2.45) is 0 Å². The zero-order chi connectivity index (χ0) is 12.1. The molecule has 3 amide bonds. The molecular weight excluding hydrogens is 214 g/mol. The fourth-order valence-corrected chi connectivity index (χ4v) is 1.43. The number of carbonyl (C=O) groups excluding carboxylic acids is 2. The summed E-state index contributed by atoms with van der Waals surface area (Å²) in [4.78, 5) is 32.8. The zero-order valence-corrected chi connectivity index (χ0v) is 8.95. The lowest BCUT2D eigenvalue weighted by atomic mass is 10.2. The number of urea groups is 1. The highest BCUT2D eigenvalue weighted by atomic mass is 16.4. The molecule has 0 saturated carbocycles. The van der Waals surface area contributed by atoms with Gasteiger partial charge in [0, 0.05) is 13.0 Å². The fourth-order valence-electron chi connectivity index (χ4n) is 1.43. The Morgan fingerprint density at radius 2 is 2.31 bits per heavy atom. The molecule has 0 aliphatic carbocycles. The van der Waals surface area contributed by atoms with E-state index in [9.17, 15) is 14.4 Å². The molecule has 90 valence electrons. The van der Waals surface area contributed by atoms with Gasteiger partial charge in [-0.2, -0.15) is 0 Å². The molecule has 1 saturated heterocycles. The van der Waals surface area contributed by atoms with Crippen LogP contribution in [0.4, 0.5) is 4.79 Å². The van der Waals surface area contributed by atoms with Crippen LogP contribution >= 0.6 is 0 Å². The topological polar surface area (TPSA) is 108 Å². The van der Waals surface area contributed by atoms with Crippen molar-refractivity contribution in [2.75, 3.05) is 6.54 Å². The first-order valence-corrected chi connectivity index (χ1v) is 5.09. The Morgan fingerprint density at radius 1 is 1.62 bits per heavy atom. The first-order chi connectivity index (χ1) is 7.52. The zero-order valence-electron chi connectivity index (χ0n) is 8.95. The predicted octanol–water partition coefficient (Wildman–Crippen LogP) is -0.963. The molecule has 0 aromatic rings. The Hall–Kier alpha value is -1.79. The third-order valence-corrected chi connectivity index (χ3v) is 2.32. The molecule has 1 aliphatic rings. The summed E-state index contributed by atoms with van der Waals surface area (Å²) in [6.45, 7) is 2.05. The van der Waals surface area contributed by atoms with Crippen molar-refractivity contribution in [3.05, 3.63) is 0 Å². The van der Waals surface area contributed by atoms with Gasteiger partial charge < -0.3 is 21.1 Å². The van der Waals surface area contributed by atoms with Crippen molar-refractivity contribution in [2.45, 2.75) is 31.8 Å². The maximum atomic E-state index is 11.4. The Bertz CT molecular complexity index is 305. The summed E-state index contributed by atoms with van der Waals surface area (Å²) in [5, 5.41) is 16.1. The van der Waals surface area contributed by atoms with Crippen LogP contribution in [-0.4, -0.2) is 41.6 Å². The van der Waals surface area contributed by atoms with Crippen LogP contribution in [0.25, 0.3) is 0 Å². The minimum Gasteiger partial charge on any atom is -0.480 e. The summed E-state index contributed by atoms with van der Waals surface area (Å²) in [7, 11) is 0. The highest BCUT2D eigenvalue weighted by Gasteiger charge is 2.24. The second kappa shape index (κ2) is 5.34. The van der Waals surface area contributed by atoms with Crippen LogP contribution in [0, 0.1) is 0 Å². The molecule has 0 aromatic carbocycles. The van der Waals surface area contributed by atoms with Crippen LogP contribution in [0.15, 0.2) is 0 Å². The van der Waals surface area contributed by atoms with E-state index in [-0.39, 0.29) is 18.4 Å². The third-order valence-electron chi connectivity index (χ3n) is 2.32. The lowest BCUT2D eigenvalue weighted by Crippen LogP contribution is -2.49. The van der Waals surface area contributed by atoms with Crippen molar-refractivity contribution in [1.29, 1.82) is 0 Å². The number of hydrogen-bond donors (Lipinski definition) is 4. The number of rotatable bonds is 4. The minimum absolute atomic E-state index is 0.115. The Balaban J connectivity index is 2.35. The molecule has 1 heterocycles. The molecule has 7 heteroatoms. The lowest BCUT2D eigenvalue weighted by molar-refractivity contribution is -0.139. The average Bonchev–Trinajstić information content (AvgIpc) is 2.60.